The molecular weight excluding hydrogens is 196 g/mol. The Hall–Kier alpha value is -1.43. The fourth-order valence-electron chi connectivity index (χ4n) is 1.61. The molecule has 1 unspecified atom stereocenters. The second-order valence-electron chi connectivity index (χ2n) is 3.73. The molecule has 2 rings (SSSR count). The highest BCUT2D eigenvalue weighted by Gasteiger charge is 2.20. The van der Waals surface area contributed by atoms with E-state index < -0.39 is 0 Å². The second kappa shape index (κ2) is 4.39. The highest BCUT2D eigenvalue weighted by Crippen LogP contribution is 2.05. The first-order valence-electron chi connectivity index (χ1n) is 5.04. The van der Waals surface area contributed by atoms with Crippen LogP contribution in [-0.4, -0.2) is 28.8 Å². The maximum atomic E-state index is 10.9. The molecule has 0 aliphatic carbocycles. The number of aryl methyl sites for hydroxylation is 1. The number of nitrogens with one attached hydrogen (secondary N) is 2. The van der Waals surface area contributed by atoms with Crippen LogP contribution in [0.25, 0.3) is 0 Å². The van der Waals surface area contributed by atoms with Crippen molar-refractivity contribution in [2.75, 3.05) is 6.54 Å². The number of nitrogens with zero attached hydrogens (tertiary/aromatic N) is 2. The molecule has 1 atom stereocenters. The summed E-state index contributed by atoms with van der Waals surface area (Å²) in [6.07, 6.45) is 1.54. The van der Waals surface area contributed by atoms with Crippen molar-refractivity contribution >= 4 is 5.91 Å². The molecule has 1 aromatic heterocycles. The molecule has 0 aromatic carbocycles. The molecular formula is C9H14N4O2. The number of aromatic nitrogens is 2. The number of carbonyl (C=O) groups is 1. The van der Waals surface area contributed by atoms with Crippen molar-refractivity contribution in [3.05, 3.63) is 11.4 Å². The summed E-state index contributed by atoms with van der Waals surface area (Å²) < 4.78 is 4.58. The average Bonchev–Trinajstić information content (AvgIpc) is 2.77. The van der Waals surface area contributed by atoms with E-state index in [9.17, 15) is 4.79 Å². The van der Waals surface area contributed by atoms with Gasteiger partial charge in [0.1, 0.15) is 11.4 Å². The van der Waals surface area contributed by atoms with Crippen LogP contribution in [0, 0.1) is 6.92 Å². The minimum absolute atomic E-state index is 0.140. The number of amides is 1. The van der Waals surface area contributed by atoms with Crippen LogP contribution in [0.1, 0.15) is 24.2 Å². The summed E-state index contributed by atoms with van der Waals surface area (Å²) in [5, 5.41) is 13.5. The maximum absolute atomic E-state index is 10.9. The van der Waals surface area contributed by atoms with Gasteiger partial charge in [-0.05, 0) is 13.3 Å². The van der Waals surface area contributed by atoms with Crippen molar-refractivity contribution in [2.24, 2.45) is 0 Å². The highest BCUT2D eigenvalue weighted by molar-refractivity contribution is 5.78. The van der Waals surface area contributed by atoms with E-state index >= 15 is 0 Å². The zero-order valence-electron chi connectivity index (χ0n) is 8.62. The molecule has 1 fully saturated rings. The van der Waals surface area contributed by atoms with E-state index in [0.29, 0.717) is 13.0 Å². The summed E-state index contributed by atoms with van der Waals surface area (Å²) in [5.74, 6) is 0.140. The third-order valence-electron chi connectivity index (χ3n) is 2.51. The molecule has 1 aliphatic heterocycles. The SMILES string of the molecule is Cc1nonc1CNCC1CCC(=O)N1. The quantitative estimate of drug-likeness (QED) is 0.716. The van der Waals surface area contributed by atoms with Crippen molar-refractivity contribution < 1.29 is 9.42 Å². The molecule has 2 heterocycles. The number of hydrogen-bond donors (Lipinski definition) is 2. The van der Waals surface area contributed by atoms with Gasteiger partial charge < -0.3 is 10.6 Å². The van der Waals surface area contributed by atoms with Crippen molar-refractivity contribution in [2.45, 2.75) is 32.4 Å². The monoisotopic (exact) mass is 210 g/mol. The molecule has 6 heteroatoms. The van der Waals surface area contributed by atoms with Crippen LogP contribution in [0.2, 0.25) is 0 Å². The van der Waals surface area contributed by atoms with Crippen LogP contribution in [0.4, 0.5) is 0 Å². The minimum Gasteiger partial charge on any atom is -0.352 e. The van der Waals surface area contributed by atoms with Crippen molar-refractivity contribution in [1.82, 2.24) is 20.9 Å². The summed E-state index contributed by atoms with van der Waals surface area (Å²) >= 11 is 0. The van der Waals surface area contributed by atoms with E-state index in [4.69, 9.17) is 0 Å². The summed E-state index contributed by atoms with van der Waals surface area (Å²) in [6, 6.07) is 0.248. The van der Waals surface area contributed by atoms with E-state index in [1.165, 1.54) is 0 Å². The van der Waals surface area contributed by atoms with E-state index in [-0.39, 0.29) is 11.9 Å². The first-order chi connectivity index (χ1) is 7.25. The van der Waals surface area contributed by atoms with Crippen molar-refractivity contribution in [1.29, 1.82) is 0 Å². The lowest BCUT2D eigenvalue weighted by Crippen LogP contribution is -2.35. The molecule has 6 nitrogen and oxygen atoms in total. The molecule has 0 saturated carbocycles. The number of hydrogen-bond acceptors (Lipinski definition) is 5. The Morgan fingerprint density at radius 1 is 1.60 bits per heavy atom. The Labute approximate surface area is 87.4 Å². The summed E-state index contributed by atoms with van der Waals surface area (Å²) in [6.45, 7) is 3.24. The first-order valence-corrected chi connectivity index (χ1v) is 5.04. The maximum Gasteiger partial charge on any atom is 0.220 e. The molecule has 1 saturated heterocycles. The van der Waals surface area contributed by atoms with Gasteiger partial charge in [0.15, 0.2) is 0 Å². The zero-order chi connectivity index (χ0) is 10.7. The van der Waals surface area contributed by atoms with Gasteiger partial charge in [0, 0.05) is 25.6 Å². The lowest BCUT2D eigenvalue weighted by molar-refractivity contribution is -0.119. The van der Waals surface area contributed by atoms with Gasteiger partial charge in [0.25, 0.3) is 0 Å². The van der Waals surface area contributed by atoms with Crippen LogP contribution in [0.5, 0.6) is 0 Å². The van der Waals surface area contributed by atoms with E-state index in [1.807, 2.05) is 6.92 Å². The number of carbonyl (C=O) groups excluding carboxylic acids is 1. The predicted molar refractivity (Wildman–Crippen MR) is 51.9 cm³/mol. The van der Waals surface area contributed by atoms with Gasteiger partial charge in [-0.25, -0.2) is 4.63 Å². The molecule has 1 aromatic rings. The molecule has 0 spiro atoms. The van der Waals surface area contributed by atoms with E-state index in [2.05, 4.69) is 25.6 Å². The summed E-state index contributed by atoms with van der Waals surface area (Å²) in [5.41, 5.74) is 1.62. The fraction of sp³-hybridized carbons (Fsp3) is 0.667. The fourth-order valence-corrected chi connectivity index (χ4v) is 1.61. The second-order valence-corrected chi connectivity index (χ2v) is 3.73. The number of rotatable bonds is 4. The molecule has 82 valence electrons. The molecule has 15 heavy (non-hydrogen) atoms. The first kappa shape index (κ1) is 10.1. The Kier molecular flexibility index (Phi) is 2.96. The van der Waals surface area contributed by atoms with Crippen LogP contribution in [0.3, 0.4) is 0 Å². The van der Waals surface area contributed by atoms with Gasteiger partial charge in [-0.2, -0.15) is 0 Å². The summed E-state index contributed by atoms with van der Waals surface area (Å²) in [4.78, 5) is 10.9. The Morgan fingerprint density at radius 3 is 3.07 bits per heavy atom. The minimum atomic E-state index is 0.140. The smallest absolute Gasteiger partial charge is 0.220 e. The van der Waals surface area contributed by atoms with Crippen LogP contribution in [-0.2, 0) is 11.3 Å². The van der Waals surface area contributed by atoms with Crippen LogP contribution in [0.15, 0.2) is 4.63 Å². The lowest BCUT2D eigenvalue weighted by Gasteiger charge is -2.09. The third-order valence-corrected chi connectivity index (χ3v) is 2.51. The normalized spacial score (nSPS) is 20.6. The topological polar surface area (TPSA) is 80.1 Å². The molecule has 2 N–H and O–H groups in total. The van der Waals surface area contributed by atoms with Gasteiger partial charge in [-0.3, -0.25) is 4.79 Å². The predicted octanol–water partition coefficient (Wildman–Crippen LogP) is -0.254. The van der Waals surface area contributed by atoms with Crippen molar-refractivity contribution in [3.8, 4) is 0 Å². The highest BCUT2D eigenvalue weighted by atomic mass is 16.6. The van der Waals surface area contributed by atoms with E-state index in [1.54, 1.807) is 0 Å². The molecule has 0 radical (unpaired) electrons. The van der Waals surface area contributed by atoms with Gasteiger partial charge in [0.2, 0.25) is 5.91 Å². The average molecular weight is 210 g/mol. The Bertz CT molecular complexity index is 350. The Balaban J connectivity index is 1.71. The standard InChI is InChI=1S/C9H14N4O2/c1-6-8(13-15-12-6)5-10-4-7-2-3-9(14)11-7/h7,10H,2-5H2,1H3,(H,11,14). The van der Waals surface area contributed by atoms with Gasteiger partial charge in [0.05, 0.1) is 0 Å². The molecule has 1 aliphatic rings. The van der Waals surface area contributed by atoms with Gasteiger partial charge in [-0.1, -0.05) is 10.3 Å². The van der Waals surface area contributed by atoms with Crippen LogP contribution >= 0.6 is 0 Å². The zero-order valence-corrected chi connectivity index (χ0v) is 8.62. The molecule has 1 amide bonds. The summed E-state index contributed by atoms with van der Waals surface area (Å²) in [7, 11) is 0. The largest absolute Gasteiger partial charge is 0.352 e. The molecule has 0 bridgehead atoms. The van der Waals surface area contributed by atoms with Crippen molar-refractivity contribution in [3.63, 3.8) is 0 Å². The van der Waals surface area contributed by atoms with E-state index in [0.717, 1.165) is 24.4 Å². The lowest BCUT2D eigenvalue weighted by atomic mass is 10.2. The third kappa shape index (κ3) is 2.53. The van der Waals surface area contributed by atoms with Crippen LogP contribution < -0.4 is 10.6 Å². The van der Waals surface area contributed by atoms with Gasteiger partial charge in [-0.15, -0.1) is 0 Å². The Morgan fingerprint density at radius 2 is 2.47 bits per heavy atom. The van der Waals surface area contributed by atoms with Gasteiger partial charge >= 0.3 is 0 Å².